The van der Waals surface area contributed by atoms with Crippen LogP contribution in [0.1, 0.15) is 29.9 Å². The maximum absolute atomic E-state index is 12.9. The summed E-state index contributed by atoms with van der Waals surface area (Å²) in [7, 11) is -3.81. The largest absolute Gasteiger partial charge is 0.381 e. The third-order valence-corrected chi connectivity index (χ3v) is 5.64. The van der Waals surface area contributed by atoms with E-state index in [1.54, 1.807) is 18.3 Å². The van der Waals surface area contributed by atoms with Gasteiger partial charge in [-0.3, -0.25) is 0 Å². The van der Waals surface area contributed by atoms with Gasteiger partial charge in [-0.15, -0.1) is 0 Å². The quantitative estimate of drug-likeness (QED) is 0.874. The van der Waals surface area contributed by atoms with E-state index in [-0.39, 0.29) is 4.90 Å². The zero-order valence-corrected chi connectivity index (χ0v) is 14.1. The van der Waals surface area contributed by atoms with Crippen LogP contribution in [0.2, 0.25) is 0 Å². The molecule has 0 radical (unpaired) electrons. The number of rotatable bonds is 4. The third kappa shape index (κ3) is 3.19. The number of nitrogens with one attached hydrogen (secondary N) is 2. The van der Waals surface area contributed by atoms with Crippen molar-refractivity contribution < 1.29 is 13.2 Å². The van der Waals surface area contributed by atoms with E-state index < -0.39 is 15.6 Å². The Kier molecular flexibility index (Phi) is 4.41. The molecule has 2 aromatic rings. The standard InChI is InChI=1S/C16H18N4O3S/c1-12-11-18-15(19-12)16(5-7-23-8-6-16)20-24(21,22)14-4-2-3-13(9-14)10-17/h2-4,9,11,20H,5-8H2,1H3,(H,18,19). The molecule has 1 aliphatic rings. The molecule has 0 atom stereocenters. The minimum absolute atomic E-state index is 0.0655. The minimum atomic E-state index is -3.81. The van der Waals surface area contributed by atoms with Crippen molar-refractivity contribution in [3.63, 3.8) is 0 Å². The number of sulfonamides is 1. The second-order valence-corrected chi connectivity index (χ2v) is 7.54. The van der Waals surface area contributed by atoms with Gasteiger partial charge in [-0.1, -0.05) is 6.07 Å². The molecule has 1 aromatic carbocycles. The highest BCUT2D eigenvalue weighted by atomic mass is 32.2. The molecule has 0 spiro atoms. The van der Waals surface area contributed by atoms with Crippen LogP contribution in [-0.2, 0) is 20.3 Å². The van der Waals surface area contributed by atoms with Gasteiger partial charge in [-0.2, -0.15) is 9.98 Å². The molecule has 8 heteroatoms. The van der Waals surface area contributed by atoms with Crippen LogP contribution in [-0.4, -0.2) is 31.6 Å². The molecule has 24 heavy (non-hydrogen) atoms. The van der Waals surface area contributed by atoms with Crippen molar-refractivity contribution in [2.75, 3.05) is 13.2 Å². The first-order valence-electron chi connectivity index (χ1n) is 7.59. The Morgan fingerprint density at radius 3 is 2.75 bits per heavy atom. The van der Waals surface area contributed by atoms with Crippen LogP contribution in [0.15, 0.2) is 35.4 Å². The first-order valence-corrected chi connectivity index (χ1v) is 9.07. The van der Waals surface area contributed by atoms with E-state index in [2.05, 4.69) is 14.7 Å². The highest BCUT2D eigenvalue weighted by Gasteiger charge is 2.41. The molecule has 1 aliphatic heterocycles. The van der Waals surface area contributed by atoms with E-state index in [1.165, 1.54) is 12.1 Å². The molecule has 0 amide bonds. The maximum atomic E-state index is 12.9. The lowest BCUT2D eigenvalue weighted by Crippen LogP contribution is -2.50. The summed E-state index contributed by atoms with van der Waals surface area (Å²) in [6, 6.07) is 7.92. The smallest absolute Gasteiger partial charge is 0.241 e. The second kappa shape index (κ2) is 6.36. The van der Waals surface area contributed by atoms with Crippen LogP contribution in [0.3, 0.4) is 0 Å². The Balaban J connectivity index is 1.99. The van der Waals surface area contributed by atoms with Gasteiger partial charge in [0.2, 0.25) is 10.0 Å². The summed E-state index contributed by atoms with van der Waals surface area (Å²) in [5, 5.41) is 8.98. The van der Waals surface area contributed by atoms with E-state index in [9.17, 15) is 8.42 Å². The highest BCUT2D eigenvalue weighted by Crippen LogP contribution is 2.32. The fourth-order valence-corrected chi connectivity index (χ4v) is 4.28. The molecule has 0 bridgehead atoms. The second-order valence-electron chi connectivity index (χ2n) is 5.85. The van der Waals surface area contributed by atoms with Crippen LogP contribution in [0.25, 0.3) is 0 Å². The number of imidazole rings is 1. The van der Waals surface area contributed by atoms with E-state index in [0.717, 1.165) is 5.69 Å². The summed E-state index contributed by atoms with van der Waals surface area (Å²) < 4.78 is 33.9. The molecular weight excluding hydrogens is 328 g/mol. The predicted octanol–water partition coefficient (Wildman–Crippen LogP) is 1.57. The Bertz CT molecular complexity index is 877. The molecule has 7 nitrogen and oxygen atoms in total. The molecule has 3 rings (SSSR count). The lowest BCUT2D eigenvalue weighted by atomic mass is 9.90. The van der Waals surface area contributed by atoms with Gasteiger partial charge in [0.25, 0.3) is 0 Å². The van der Waals surface area contributed by atoms with Crippen molar-refractivity contribution in [1.29, 1.82) is 5.26 Å². The van der Waals surface area contributed by atoms with E-state index in [0.29, 0.717) is 37.4 Å². The lowest BCUT2D eigenvalue weighted by molar-refractivity contribution is 0.0429. The fourth-order valence-electron chi connectivity index (χ4n) is 2.81. The number of nitriles is 1. The number of aromatic nitrogens is 2. The molecule has 1 fully saturated rings. The summed E-state index contributed by atoms with van der Waals surface area (Å²) in [6.07, 6.45) is 2.64. The van der Waals surface area contributed by atoms with Gasteiger partial charge in [0.05, 0.1) is 22.1 Å². The van der Waals surface area contributed by atoms with Crippen molar-refractivity contribution in [2.45, 2.75) is 30.2 Å². The van der Waals surface area contributed by atoms with E-state index in [1.807, 2.05) is 13.0 Å². The summed E-state index contributed by atoms with van der Waals surface area (Å²) in [5.41, 5.74) is 0.322. The van der Waals surface area contributed by atoms with Crippen molar-refractivity contribution in [1.82, 2.24) is 14.7 Å². The third-order valence-electron chi connectivity index (χ3n) is 4.11. The summed E-state index contributed by atoms with van der Waals surface area (Å²) in [5.74, 6) is 0.586. The SMILES string of the molecule is Cc1cnc(C2(NS(=O)(=O)c3cccc(C#N)c3)CCOCC2)[nH]1. The van der Waals surface area contributed by atoms with Gasteiger partial charge >= 0.3 is 0 Å². The number of ether oxygens (including phenoxy) is 1. The topological polar surface area (TPSA) is 108 Å². The van der Waals surface area contributed by atoms with Crippen LogP contribution in [0.4, 0.5) is 0 Å². The molecule has 2 N–H and O–H groups in total. The van der Waals surface area contributed by atoms with Crippen molar-refractivity contribution >= 4 is 10.0 Å². The number of hydrogen-bond donors (Lipinski definition) is 2. The lowest BCUT2D eigenvalue weighted by Gasteiger charge is -2.35. The van der Waals surface area contributed by atoms with Gasteiger partial charge in [0.1, 0.15) is 5.82 Å². The number of aromatic amines is 1. The minimum Gasteiger partial charge on any atom is -0.381 e. The Morgan fingerprint density at radius 2 is 2.12 bits per heavy atom. The Labute approximate surface area is 140 Å². The number of hydrogen-bond acceptors (Lipinski definition) is 5. The van der Waals surface area contributed by atoms with Crippen LogP contribution in [0, 0.1) is 18.3 Å². The normalized spacial score (nSPS) is 17.3. The Hall–Kier alpha value is -2.21. The molecule has 0 aliphatic carbocycles. The van der Waals surface area contributed by atoms with Crippen LogP contribution >= 0.6 is 0 Å². The molecular formula is C16H18N4O3S. The average molecular weight is 346 g/mol. The summed E-state index contributed by atoms with van der Waals surface area (Å²) in [6.45, 7) is 2.76. The van der Waals surface area contributed by atoms with Crippen molar-refractivity contribution in [3.8, 4) is 6.07 Å². The Morgan fingerprint density at radius 1 is 1.38 bits per heavy atom. The number of nitrogens with zero attached hydrogens (tertiary/aromatic N) is 2. The van der Waals surface area contributed by atoms with Crippen LogP contribution < -0.4 is 4.72 Å². The number of aryl methyl sites for hydroxylation is 1. The van der Waals surface area contributed by atoms with Gasteiger partial charge in [0.15, 0.2) is 0 Å². The zero-order valence-electron chi connectivity index (χ0n) is 13.2. The predicted molar refractivity (Wildman–Crippen MR) is 86.5 cm³/mol. The molecule has 0 saturated carbocycles. The van der Waals surface area contributed by atoms with Crippen LogP contribution in [0.5, 0.6) is 0 Å². The van der Waals surface area contributed by atoms with E-state index >= 15 is 0 Å². The highest BCUT2D eigenvalue weighted by molar-refractivity contribution is 7.89. The number of H-pyrrole nitrogens is 1. The van der Waals surface area contributed by atoms with Crippen molar-refractivity contribution in [2.24, 2.45) is 0 Å². The van der Waals surface area contributed by atoms with Gasteiger partial charge in [0, 0.05) is 25.1 Å². The van der Waals surface area contributed by atoms with Gasteiger partial charge < -0.3 is 9.72 Å². The first-order chi connectivity index (χ1) is 11.5. The fraction of sp³-hybridized carbons (Fsp3) is 0.375. The van der Waals surface area contributed by atoms with E-state index in [4.69, 9.17) is 10.00 Å². The first kappa shape index (κ1) is 16.6. The molecule has 126 valence electrons. The summed E-state index contributed by atoms with van der Waals surface area (Å²) >= 11 is 0. The van der Waals surface area contributed by atoms with Gasteiger partial charge in [-0.05, 0) is 38.0 Å². The monoisotopic (exact) mass is 346 g/mol. The van der Waals surface area contributed by atoms with Crippen molar-refractivity contribution in [3.05, 3.63) is 47.5 Å². The molecule has 1 aromatic heterocycles. The molecule has 1 saturated heterocycles. The maximum Gasteiger partial charge on any atom is 0.241 e. The average Bonchev–Trinajstić information content (AvgIpc) is 3.02. The van der Waals surface area contributed by atoms with Gasteiger partial charge in [-0.25, -0.2) is 13.4 Å². The summed E-state index contributed by atoms with van der Waals surface area (Å²) in [4.78, 5) is 7.54. The molecule has 2 heterocycles. The zero-order chi connectivity index (χ0) is 17.2. The molecule has 0 unspecified atom stereocenters. The number of benzene rings is 1.